The van der Waals surface area contributed by atoms with Crippen LogP contribution in [0, 0.1) is 11.7 Å². The van der Waals surface area contributed by atoms with E-state index < -0.39 is 0 Å². The van der Waals surface area contributed by atoms with Crippen LogP contribution < -0.4 is 10.6 Å². The van der Waals surface area contributed by atoms with Gasteiger partial charge in [-0.15, -0.1) is 0 Å². The van der Waals surface area contributed by atoms with Crippen molar-refractivity contribution in [1.29, 1.82) is 0 Å². The molecule has 0 radical (unpaired) electrons. The van der Waals surface area contributed by atoms with E-state index in [1.165, 1.54) is 0 Å². The molecule has 1 aliphatic heterocycles. The lowest BCUT2D eigenvalue weighted by Gasteiger charge is -2.29. The van der Waals surface area contributed by atoms with Crippen LogP contribution in [-0.4, -0.2) is 17.6 Å². The van der Waals surface area contributed by atoms with Gasteiger partial charge in [0.05, 0.1) is 0 Å². The maximum Gasteiger partial charge on any atom is 0.170 e. The molecule has 1 atom stereocenters. The van der Waals surface area contributed by atoms with Gasteiger partial charge in [0.25, 0.3) is 0 Å². The molecule has 0 bridgehead atoms. The molecule has 2 heterocycles. The van der Waals surface area contributed by atoms with Crippen LogP contribution in [-0.2, 0) is 6.54 Å². The van der Waals surface area contributed by atoms with Gasteiger partial charge in [0.2, 0.25) is 0 Å². The molecule has 17 heavy (non-hydrogen) atoms. The number of hydrogen-bond donors (Lipinski definition) is 1. The summed E-state index contributed by atoms with van der Waals surface area (Å²) >= 11 is 0. The van der Waals surface area contributed by atoms with Crippen molar-refractivity contribution in [2.75, 3.05) is 11.4 Å². The fraction of sp³-hybridized carbons (Fsp3) is 0.615. The van der Waals surface area contributed by atoms with Gasteiger partial charge in [-0.1, -0.05) is 13.8 Å². The van der Waals surface area contributed by atoms with E-state index in [2.05, 4.69) is 23.7 Å². The Hall–Kier alpha value is -1.16. The Morgan fingerprint density at radius 1 is 1.59 bits per heavy atom. The first kappa shape index (κ1) is 12.3. The lowest BCUT2D eigenvalue weighted by molar-refractivity contribution is 0.481. The van der Waals surface area contributed by atoms with E-state index in [0.717, 1.165) is 19.4 Å². The van der Waals surface area contributed by atoms with Crippen LogP contribution in [0.15, 0.2) is 12.3 Å². The van der Waals surface area contributed by atoms with E-state index in [-0.39, 0.29) is 12.4 Å². The van der Waals surface area contributed by atoms with Crippen LogP contribution in [0.25, 0.3) is 0 Å². The van der Waals surface area contributed by atoms with Crippen LogP contribution in [0.3, 0.4) is 0 Å². The summed E-state index contributed by atoms with van der Waals surface area (Å²) in [7, 11) is 0. The molecular formula is C13H20FN3. The van der Waals surface area contributed by atoms with E-state index in [4.69, 9.17) is 5.73 Å². The van der Waals surface area contributed by atoms with Gasteiger partial charge in [-0.25, -0.2) is 9.37 Å². The molecular weight excluding hydrogens is 217 g/mol. The van der Waals surface area contributed by atoms with Gasteiger partial charge in [-0.05, 0) is 24.8 Å². The molecule has 94 valence electrons. The molecule has 3 nitrogen and oxygen atoms in total. The molecule has 0 spiro atoms. The third kappa shape index (κ3) is 2.27. The molecule has 1 saturated heterocycles. The number of nitrogens with zero attached hydrogens (tertiary/aromatic N) is 2. The number of rotatable bonds is 3. The number of halogens is 1. The van der Waals surface area contributed by atoms with Crippen LogP contribution in [0.4, 0.5) is 10.2 Å². The normalized spacial score (nSPS) is 20.3. The highest BCUT2D eigenvalue weighted by atomic mass is 19.1. The monoisotopic (exact) mass is 237 g/mol. The zero-order valence-electron chi connectivity index (χ0n) is 10.5. The molecule has 1 fully saturated rings. The van der Waals surface area contributed by atoms with Crippen molar-refractivity contribution < 1.29 is 4.39 Å². The first-order chi connectivity index (χ1) is 8.15. The fourth-order valence-corrected chi connectivity index (χ4v) is 2.58. The van der Waals surface area contributed by atoms with Crippen LogP contribution in [0.5, 0.6) is 0 Å². The summed E-state index contributed by atoms with van der Waals surface area (Å²) in [5.41, 5.74) is 6.07. The third-order valence-electron chi connectivity index (χ3n) is 3.51. The second-order valence-electron chi connectivity index (χ2n) is 4.96. The van der Waals surface area contributed by atoms with Gasteiger partial charge in [0.15, 0.2) is 11.6 Å². The number of pyridine rings is 1. The summed E-state index contributed by atoms with van der Waals surface area (Å²) in [6.07, 6.45) is 3.87. The molecule has 2 N–H and O–H groups in total. The first-order valence-electron chi connectivity index (χ1n) is 6.25. The van der Waals surface area contributed by atoms with E-state index in [1.54, 1.807) is 12.3 Å². The molecule has 1 unspecified atom stereocenters. The minimum absolute atomic E-state index is 0.224. The number of aromatic nitrogens is 1. The summed E-state index contributed by atoms with van der Waals surface area (Å²) < 4.78 is 14.2. The Bertz CT molecular complexity index is 392. The first-order valence-corrected chi connectivity index (χ1v) is 6.25. The quantitative estimate of drug-likeness (QED) is 0.877. The van der Waals surface area contributed by atoms with Crippen molar-refractivity contribution in [2.45, 2.75) is 39.3 Å². The SMILES string of the molecule is CC(C)C1CCCN1c1nccc(CN)c1F. The fourth-order valence-electron chi connectivity index (χ4n) is 2.58. The van der Waals surface area contributed by atoms with E-state index >= 15 is 0 Å². The van der Waals surface area contributed by atoms with E-state index in [1.807, 2.05) is 0 Å². The van der Waals surface area contributed by atoms with Gasteiger partial charge in [0, 0.05) is 30.9 Å². The number of nitrogens with two attached hydrogens (primary N) is 1. The zero-order chi connectivity index (χ0) is 12.4. The highest BCUT2D eigenvalue weighted by Gasteiger charge is 2.30. The Balaban J connectivity index is 2.33. The Kier molecular flexibility index (Phi) is 3.62. The number of anilines is 1. The third-order valence-corrected chi connectivity index (χ3v) is 3.51. The second-order valence-corrected chi connectivity index (χ2v) is 4.96. The summed E-state index contributed by atoms with van der Waals surface area (Å²) in [6, 6.07) is 2.05. The van der Waals surface area contributed by atoms with E-state index in [0.29, 0.717) is 23.3 Å². The molecule has 0 saturated carbocycles. The molecule has 0 aromatic carbocycles. The average molecular weight is 237 g/mol. The Morgan fingerprint density at radius 2 is 2.35 bits per heavy atom. The predicted molar refractivity (Wildman–Crippen MR) is 67.3 cm³/mol. The Morgan fingerprint density at radius 3 is 3.00 bits per heavy atom. The van der Waals surface area contributed by atoms with Crippen LogP contribution >= 0.6 is 0 Å². The maximum atomic E-state index is 14.2. The lowest BCUT2D eigenvalue weighted by Crippen LogP contribution is -2.34. The summed E-state index contributed by atoms with van der Waals surface area (Å²) in [5, 5.41) is 0. The van der Waals surface area contributed by atoms with Gasteiger partial charge in [0.1, 0.15) is 0 Å². The summed E-state index contributed by atoms with van der Waals surface area (Å²) in [6.45, 7) is 5.46. The molecule has 0 amide bonds. The molecule has 1 aromatic heterocycles. The second kappa shape index (κ2) is 5.00. The molecule has 2 rings (SSSR count). The van der Waals surface area contributed by atoms with Crippen LogP contribution in [0.2, 0.25) is 0 Å². The largest absolute Gasteiger partial charge is 0.351 e. The number of hydrogen-bond acceptors (Lipinski definition) is 3. The molecule has 4 heteroatoms. The van der Waals surface area contributed by atoms with Crippen molar-refractivity contribution in [3.63, 3.8) is 0 Å². The van der Waals surface area contributed by atoms with Gasteiger partial charge < -0.3 is 10.6 Å². The molecule has 0 aliphatic carbocycles. The lowest BCUT2D eigenvalue weighted by atomic mass is 10.0. The minimum Gasteiger partial charge on any atom is -0.351 e. The predicted octanol–water partition coefficient (Wildman–Crippen LogP) is 2.30. The van der Waals surface area contributed by atoms with Crippen molar-refractivity contribution in [3.8, 4) is 0 Å². The van der Waals surface area contributed by atoms with Gasteiger partial charge >= 0.3 is 0 Å². The smallest absolute Gasteiger partial charge is 0.170 e. The minimum atomic E-state index is -0.248. The van der Waals surface area contributed by atoms with Gasteiger partial charge in [-0.3, -0.25) is 0 Å². The van der Waals surface area contributed by atoms with Gasteiger partial charge in [-0.2, -0.15) is 0 Å². The van der Waals surface area contributed by atoms with Crippen molar-refractivity contribution >= 4 is 5.82 Å². The van der Waals surface area contributed by atoms with Crippen molar-refractivity contribution in [1.82, 2.24) is 4.98 Å². The molecule has 1 aromatic rings. The summed E-state index contributed by atoms with van der Waals surface area (Å²) in [5.74, 6) is 0.743. The zero-order valence-corrected chi connectivity index (χ0v) is 10.5. The standard InChI is InChI=1S/C13H20FN3/c1-9(2)11-4-3-7-17(11)13-12(14)10(8-15)5-6-16-13/h5-6,9,11H,3-4,7-8,15H2,1-2H3. The maximum absolute atomic E-state index is 14.2. The van der Waals surface area contributed by atoms with Crippen molar-refractivity contribution in [2.24, 2.45) is 11.7 Å². The highest BCUT2D eigenvalue weighted by molar-refractivity contribution is 5.45. The average Bonchev–Trinajstić information content (AvgIpc) is 2.78. The van der Waals surface area contributed by atoms with Crippen molar-refractivity contribution in [3.05, 3.63) is 23.6 Å². The molecule has 1 aliphatic rings. The highest BCUT2D eigenvalue weighted by Crippen LogP contribution is 2.30. The summed E-state index contributed by atoms with van der Waals surface area (Å²) in [4.78, 5) is 6.29. The van der Waals surface area contributed by atoms with Crippen LogP contribution in [0.1, 0.15) is 32.3 Å². The Labute approximate surface area is 102 Å². The van der Waals surface area contributed by atoms with E-state index in [9.17, 15) is 4.39 Å². The topological polar surface area (TPSA) is 42.2 Å².